The van der Waals surface area contributed by atoms with Crippen LogP contribution in [0.15, 0.2) is 0 Å². The van der Waals surface area contributed by atoms with E-state index in [9.17, 15) is 15.2 Å². The Kier molecular flexibility index (Phi) is 4.60. The van der Waals surface area contributed by atoms with Crippen LogP contribution in [0, 0.1) is 17.0 Å². The molecule has 1 aromatic rings. The Morgan fingerprint density at radius 3 is 2.58 bits per heavy atom. The third kappa shape index (κ3) is 3.75. The first-order valence-corrected chi connectivity index (χ1v) is 5.97. The van der Waals surface area contributed by atoms with Crippen molar-refractivity contribution in [2.24, 2.45) is 0 Å². The van der Waals surface area contributed by atoms with E-state index in [2.05, 4.69) is 20.6 Å². The SMILES string of the molecule is CCC(C)(O)CNc1nc(NC)nc(C)c1[N+](=O)[O-]. The van der Waals surface area contributed by atoms with Crippen molar-refractivity contribution < 1.29 is 10.0 Å². The van der Waals surface area contributed by atoms with Crippen LogP contribution in [-0.4, -0.2) is 39.2 Å². The monoisotopic (exact) mass is 269 g/mol. The molecule has 8 nitrogen and oxygen atoms in total. The highest BCUT2D eigenvalue weighted by atomic mass is 16.6. The third-order valence-corrected chi connectivity index (χ3v) is 2.86. The molecule has 1 atom stereocenters. The van der Waals surface area contributed by atoms with Crippen LogP contribution >= 0.6 is 0 Å². The number of aliphatic hydroxyl groups is 1. The van der Waals surface area contributed by atoms with Gasteiger partial charge < -0.3 is 15.7 Å². The van der Waals surface area contributed by atoms with Gasteiger partial charge in [0, 0.05) is 13.6 Å². The normalized spacial score (nSPS) is 13.7. The van der Waals surface area contributed by atoms with Crippen molar-refractivity contribution in [2.45, 2.75) is 32.8 Å². The molecule has 8 heteroatoms. The molecule has 0 aliphatic rings. The number of anilines is 2. The average Bonchev–Trinajstić information content (AvgIpc) is 2.35. The van der Waals surface area contributed by atoms with Crippen molar-refractivity contribution in [2.75, 3.05) is 24.2 Å². The van der Waals surface area contributed by atoms with E-state index in [-0.39, 0.29) is 23.7 Å². The smallest absolute Gasteiger partial charge is 0.332 e. The molecule has 1 heterocycles. The van der Waals surface area contributed by atoms with E-state index in [4.69, 9.17) is 0 Å². The molecule has 1 unspecified atom stereocenters. The molecule has 0 amide bonds. The number of rotatable bonds is 6. The topological polar surface area (TPSA) is 113 Å². The van der Waals surface area contributed by atoms with Gasteiger partial charge in [0.15, 0.2) is 0 Å². The second-order valence-electron chi connectivity index (χ2n) is 4.54. The zero-order chi connectivity index (χ0) is 14.6. The summed E-state index contributed by atoms with van der Waals surface area (Å²) in [6, 6.07) is 0. The van der Waals surface area contributed by atoms with Gasteiger partial charge in [-0.15, -0.1) is 0 Å². The maximum atomic E-state index is 11.0. The van der Waals surface area contributed by atoms with Crippen LogP contribution < -0.4 is 10.6 Å². The fourth-order valence-electron chi connectivity index (χ4n) is 1.42. The number of hydrogen-bond acceptors (Lipinski definition) is 7. The summed E-state index contributed by atoms with van der Waals surface area (Å²) < 4.78 is 0. The molecule has 3 N–H and O–H groups in total. The third-order valence-electron chi connectivity index (χ3n) is 2.86. The molecule has 0 bridgehead atoms. The maximum Gasteiger partial charge on any atom is 0.332 e. The van der Waals surface area contributed by atoms with Crippen LogP contribution in [0.4, 0.5) is 17.5 Å². The van der Waals surface area contributed by atoms with Crippen molar-refractivity contribution in [3.8, 4) is 0 Å². The van der Waals surface area contributed by atoms with Gasteiger partial charge in [0.1, 0.15) is 5.69 Å². The lowest BCUT2D eigenvalue weighted by molar-refractivity contribution is -0.385. The summed E-state index contributed by atoms with van der Waals surface area (Å²) >= 11 is 0. The summed E-state index contributed by atoms with van der Waals surface area (Å²) in [5, 5.41) is 26.5. The van der Waals surface area contributed by atoms with Gasteiger partial charge in [-0.05, 0) is 20.3 Å². The van der Waals surface area contributed by atoms with Gasteiger partial charge in [-0.25, -0.2) is 4.98 Å². The zero-order valence-corrected chi connectivity index (χ0v) is 11.5. The molecule has 1 rings (SSSR count). The number of nitro groups is 1. The van der Waals surface area contributed by atoms with Gasteiger partial charge in [0.05, 0.1) is 10.5 Å². The highest BCUT2D eigenvalue weighted by Crippen LogP contribution is 2.27. The van der Waals surface area contributed by atoms with Gasteiger partial charge in [-0.2, -0.15) is 4.98 Å². The Morgan fingerprint density at radius 2 is 2.11 bits per heavy atom. The summed E-state index contributed by atoms with van der Waals surface area (Å²) in [5.74, 6) is 0.400. The quantitative estimate of drug-likeness (QED) is 0.527. The molecule has 0 saturated carbocycles. The van der Waals surface area contributed by atoms with Crippen LogP contribution in [0.1, 0.15) is 26.0 Å². The van der Waals surface area contributed by atoms with E-state index in [1.54, 1.807) is 20.9 Å². The summed E-state index contributed by atoms with van der Waals surface area (Å²) in [5.41, 5.74) is -0.860. The molecular weight excluding hydrogens is 250 g/mol. The van der Waals surface area contributed by atoms with Gasteiger partial charge in [-0.1, -0.05) is 6.92 Å². The largest absolute Gasteiger partial charge is 0.388 e. The number of hydrogen-bond donors (Lipinski definition) is 3. The predicted molar refractivity (Wildman–Crippen MR) is 72.4 cm³/mol. The van der Waals surface area contributed by atoms with Crippen molar-refractivity contribution in [3.63, 3.8) is 0 Å². The van der Waals surface area contributed by atoms with Gasteiger partial charge >= 0.3 is 5.69 Å². The van der Waals surface area contributed by atoms with E-state index in [1.165, 1.54) is 0 Å². The van der Waals surface area contributed by atoms with Gasteiger partial charge in [0.2, 0.25) is 11.8 Å². The van der Waals surface area contributed by atoms with Crippen molar-refractivity contribution in [3.05, 3.63) is 15.8 Å². The highest BCUT2D eigenvalue weighted by molar-refractivity contribution is 5.60. The van der Waals surface area contributed by atoms with Gasteiger partial charge in [0.25, 0.3) is 0 Å². The molecule has 0 aliphatic heterocycles. The molecule has 0 spiro atoms. The Labute approximate surface area is 111 Å². The average molecular weight is 269 g/mol. The fraction of sp³-hybridized carbons (Fsp3) is 0.636. The van der Waals surface area contributed by atoms with Crippen molar-refractivity contribution >= 4 is 17.5 Å². The Balaban J connectivity index is 3.10. The van der Waals surface area contributed by atoms with E-state index >= 15 is 0 Å². The number of aryl methyl sites for hydroxylation is 1. The van der Waals surface area contributed by atoms with Crippen molar-refractivity contribution in [1.29, 1.82) is 0 Å². The van der Waals surface area contributed by atoms with E-state index in [0.29, 0.717) is 12.4 Å². The fourth-order valence-corrected chi connectivity index (χ4v) is 1.42. The van der Waals surface area contributed by atoms with Crippen molar-refractivity contribution in [1.82, 2.24) is 9.97 Å². The van der Waals surface area contributed by atoms with Gasteiger partial charge in [-0.3, -0.25) is 10.1 Å². The lowest BCUT2D eigenvalue weighted by Gasteiger charge is -2.22. The molecule has 19 heavy (non-hydrogen) atoms. The van der Waals surface area contributed by atoms with Crippen LogP contribution in [0.5, 0.6) is 0 Å². The maximum absolute atomic E-state index is 11.0. The number of nitrogens with one attached hydrogen (secondary N) is 2. The Morgan fingerprint density at radius 1 is 1.47 bits per heavy atom. The minimum atomic E-state index is -0.952. The summed E-state index contributed by atoms with van der Waals surface area (Å²) in [4.78, 5) is 18.5. The molecule has 0 radical (unpaired) electrons. The molecule has 0 fully saturated rings. The molecular formula is C11H19N5O3. The number of nitrogens with zero attached hydrogens (tertiary/aromatic N) is 3. The Hall–Kier alpha value is -1.96. The van der Waals surface area contributed by atoms with E-state index in [1.807, 2.05) is 6.92 Å². The van der Waals surface area contributed by atoms with Crippen LogP contribution in [0.25, 0.3) is 0 Å². The lowest BCUT2D eigenvalue weighted by atomic mass is 10.0. The second-order valence-corrected chi connectivity index (χ2v) is 4.54. The van der Waals surface area contributed by atoms with Crippen LogP contribution in [-0.2, 0) is 0 Å². The van der Waals surface area contributed by atoms with E-state index < -0.39 is 10.5 Å². The standard InChI is InChI=1S/C11H19N5O3/c1-5-11(3,17)6-13-9-8(16(18)19)7(2)14-10(12-4)15-9/h17H,5-6H2,1-4H3,(H2,12,13,14,15). The predicted octanol–water partition coefficient (Wildman–Crippen LogP) is 1.31. The highest BCUT2D eigenvalue weighted by Gasteiger charge is 2.24. The van der Waals surface area contributed by atoms with Crippen LogP contribution in [0.3, 0.4) is 0 Å². The summed E-state index contributed by atoms with van der Waals surface area (Å²) in [6.07, 6.45) is 0.525. The molecule has 1 aromatic heterocycles. The first-order chi connectivity index (χ1) is 8.80. The molecule has 0 aliphatic carbocycles. The van der Waals surface area contributed by atoms with E-state index in [0.717, 1.165) is 0 Å². The summed E-state index contributed by atoms with van der Waals surface area (Å²) in [6.45, 7) is 5.20. The van der Waals surface area contributed by atoms with Crippen LogP contribution in [0.2, 0.25) is 0 Å². The lowest BCUT2D eigenvalue weighted by Crippen LogP contribution is -2.33. The summed E-state index contributed by atoms with van der Waals surface area (Å²) in [7, 11) is 1.63. The first kappa shape index (κ1) is 15.1. The zero-order valence-electron chi connectivity index (χ0n) is 11.5. The number of aromatic nitrogens is 2. The second kappa shape index (κ2) is 5.79. The molecule has 0 aromatic carbocycles. The molecule has 106 valence electrons. The minimum Gasteiger partial charge on any atom is -0.388 e. The molecule has 0 saturated heterocycles. The first-order valence-electron chi connectivity index (χ1n) is 5.97. The Bertz CT molecular complexity index is 476. The minimum absolute atomic E-state index is 0.107.